The average Bonchev–Trinajstić information content (AvgIpc) is 2.80. The van der Waals surface area contributed by atoms with Crippen LogP contribution in [0, 0.1) is 13.8 Å². The normalized spacial score (nSPS) is 8.73. The molecule has 1 aromatic rings. The van der Waals surface area contributed by atoms with E-state index >= 15 is 0 Å². The summed E-state index contributed by atoms with van der Waals surface area (Å²) in [6.07, 6.45) is 1.18. The minimum atomic E-state index is 1.09. The molecule has 0 N–H and O–H groups in total. The number of nitrogens with zero attached hydrogens (tertiary/aromatic N) is 2. The summed E-state index contributed by atoms with van der Waals surface area (Å²) in [5.41, 5.74) is 2.55. The van der Waals surface area contributed by atoms with E-state index in [1.54, 1.807) is 0 Å². The molecule has 0 spiro atoms. The number of aryl methyl sites for hydroxylation is 3. The molecule has 0 unspecified atom stereocenters. The van der Waals surface area contributed by atoms with Gasteiger partial charge in [0.1, 0.15) is 0 Å². The van der Waals surface area contributed by atoms with E-state index in [0.29, 0.717) is 0 Å². The molecule has 0 bridgehead atoms. The lowest BCUT2D eigenvalue weighted by molar-refractivity contribution is 0.434. The number of allylic oxidation sites excluding steroid dienone is 1. The lowest BCUT2D eigenvalue weighted by Crippen LogP contribution is -2.08. The lowest BCUT2D eigenvalue weighted by Gasteiger charge is -2.08. The Balaban J connectivity index is -0.000000245. The van der Waals surface area contributed by atoms with E-state index in [1.807, 2.05) is 51.1 Å². The van der Waals surface area contributed by atoms with E-state index in [2.05, 4.69) is 59.3 Å². The molecule has 0 aliphatic heterocycles. The van der Waals surface area contributed by atoms with Gasteiger partial charge in [-0.15, -0.1) is 11.3 Å². The van der Waals surface area contributed by atoms with E-state index < -0.39 is 0 Å². The molecule has 1 rings (SSSR count). The van der Waals surface area contributed by atoms with Gasteiger partial charge in [-0.1, -0.05) is 34.3 Å². The Morgan fingerprint density at radius 2 is 1.45 bits per heavy atom. The van der Waals surface area contributed by atoms with Crippen LogP contribution in [0.1, 0.15) is 49.9 Å². The highest BCUT2D eigenvalue weighted by Gasteiger charge is 1.97. The van der Waals surface area contributed by atoms with Crippen molar-refractivity contribution in [2.24, 2.45) is 0 Å². The van der Waals surface area contributed by atoms with Crippen LogP contribution in [0.15, 0.2) is 18.3 Å². The van der Waals surface area contributed by atoms with Gasteiger partial charge in [-0.05, 0) is 59.5 Å². The van der Waals surface area contributed by atoms with Crippen LogP contribution in [0.5, 0.6) is 0 Å². The zero-order valence-electron chi connectivity index (χ0n) is 17.0. The number of hydrogen-bond acceptors (Lipinski definition) is 3. The van der Waals surface area contributed by atoms with Crippen molar-refractivity contribution in [2.45, 2.75) is 54.9 Å². The summed E-state index contributed by atoms with van der Waals surface area (Å²) in [5.74, 6) is 0. The summed E-state index contributed by atoms with van der Waals surface area (Å²) >= 11 is 1.91. The lowest BCUT2D eigenvalue weighted by atomic mass is 10.2. The van der Waals surface area contributed by atoms with Crippen molar-refractivity contribution >= 4 is 11.3 Å². The van der Waals surface area contributed by atoms with Crippen molar-refractivity contribution in [2.75, 3.05) is 34.7 Å². The predicted molar refractivity (Wildman–Crippen MR) is 107 cm³/mol. The number of rotatable bonds is 3. The molecular formula is C19H40N2S. The highest BCUT2D eigenvalue weighted by atomic mass is 32.1. The molecule has 0 aliphatic rings. The van der Waals surface area contributed by atoms with Crippen LogP contribution in [-0.2, 0) is 6.42 Å². The third kappa shape index (κ3) is 17.3. The van der Waals surface area contributed by atoms with Gasteiger partial charge in [0.05, 0.1) is 0 Å². The Morgan fingerprint density at radius 3 is 1.55 bits per heavy atom. The predicted octanol–water partition coefficient (Wildman–Crippen LogP) is 5.60. The Hall–Kier alpha value is -0.800. The highest BCUT2D eigenvalue weighted by molar-refractivity contribution is 7.12. The van der Waals surface area contributed by atoms with Crippen molar-refractivity contribution in [3.8, 4) is 0 Å². The van der Waals surface area contributed by atoms with Crippen molar-refractivity contribution in [1.82, 2.24) is 9.80 Å². The van der Waals surface area contributed by atoms with E-state index in [9.17, 15) is 0 Å². The Bertz CT molecular complexity index is 366. The van der Waals surface area contributed by atoms with Gasteiger partial charge in [0.15, 0.2) is 0 Å². The quantitative estimate of drug-likeness (QED) is 0.712. The largest absolute Gasteiger partial charge is 0.382 e. The first-order valence-corrected chi connectivity index (χ1v) is 9.00. The molecule has 0 fully saturated rings. The second-order valence-electron chi connectivity index (χ2n) is 5.34. The van der Waals surface area contributed by atoms with Gasteiger partial charge in [-0.25, -0.2) is 0 Å². The fourth-order valence-electron chi connectivity index (χ4n) is 1.04. The smallest absolute Gasteiger partial charge is 0.00744 e. The van der Waals surface area contributed by atoms with Crippen LogP contribution in [-0.4, -0.2) is 44.5 Å². The van der Waals surface area contributed by atoms with Crippen molar-refractivity contribution < 1.29 is 0 Å². The van der Waals surface area contributed by atoms with Gasteiger partial charge in [-0.3, -0.25) is 0 Å². The zero-order valence-corrected chi connectivity index (χ0v) is 17.8. The van der Waals surface area contributed by atoms with E-state index in [0.717, 1.165) is 12.2 Å². The van der Waals surface area contributed by atoms with Gasteiger partial charge in [0.2, 0.25) is 0 Å². The number of hydrogen-bond donors (Lipinski definition) is 0. The molecule has 2 nitrogen and oxygen atoms in total. The van der Waals surface area contributed by atoms with Crippen LogP contribution in [0.2, 0.25) is 0 Å². The second-order valence-corrected chi connectivity index (χ2v) is 6.68. The fourth-order valence-corrected chi connectivity index (χ4v) is 2.03. The summed E-state index contributed by atoms with van der Waals surface area (Å²) < 4.78 is 0. The molecule has 22 heavy (non-hydrogen) atoms. The maximum Gasteiger partial charge on any atom is 0.00744 e. The summed E-state index contributed by atoms with van der Waals surface area (Å²) in [5, 5.41) is 0. The van der Waals surface area contributed by atoms with Gasteiger partial charge < -0.3 is 9.80 Å². The topological polar surface area (TPSA) is 6.48 Å². The molecule has 3 heteroatoms. The standard InChI is InChI=1S/C8H12S.C5H11N.C4H11N.C2H6/c1-4-8-6(2)5-7(3)9-8;1-5(2)6(3)4;1-4-5(2)3;1-2/h5H,4H2,1-3H3;1H2,2-4H3;4H2,1-3H3;1-2H3. The molecule has 132 valence electrons. The molecule has 0 radical (unpaired) electrons. The third-order valence-electron chi connectivity index (χ3n) is 2.86. The Labute approximate surface area is 144 Å². The van der Waals surface area contributed by atoms with E-state index in [1.165, 1.54) is 21.7 Å². The summed E-state index contributed by atoms with van der Waals surface area (Å²) in [6, 6.07) is 2.25. The fraction of sp³-hybridized carbons (Fsp3) is 0.684. The summed E-state index contributed by atoms with van der Waals surface area (Å²) in [6.45, 7) is 19.5. The minimum absolute atomic E-state index is 1.09. The van der Waals surface area contributed by atoms with Gasteiger partial charge >= 0.3 is 0 Å². The van der Waals surface area contributed by atoms with Crippen LogP contribution in [0.4, 0.5) is 0 Å². The maximum atomic E-state index is 3.68. The van der Waals surface area contributed by atoms with Crippen molar-refractivity contribution in [3.05, 3.63) is 33.7 Å². The average molecular weight is 329 g/mol. The van der Waals surface area contributed by atoms with Crippen molar-refractivity contribution in [1.29, 1.82) is 0 Å². The van der Waals surface area contributed by atoms with E-state index in [4.69, 9.17) is 0 Å². The molecule has 0 aliphatic carbocycles. The Morgan fingerprint density at radius 1 is 1.09 bits per heavy atom. The molecule has 1 aromatic heterocycles. The molecule has 0 saturated heterocycles. The summed E-state index contributed by atoms with van der Waals surface area (Å²) in [4.78, 5) is 7.07. The first-order valence-electron chi connectivity index (χ1n) is 8.19. The Kier molecular flexibility index (Phi) is 19.7. The molecule has 0 amide bonds. The first kappa shape index (κ1) is 26.1. The monoisotopic (exact) mass is 328 g/mol. The van der Waals surface area contributed by atoms with E-state index in [-0.39, 0.29) is 0 Å². The molecule has 0 aromatic carbocycles. The first-order chi connectivity index (χ1) is 10.1. The maximum absolute atomic E-state index is 3.68. The number of thiophene rings is 1. The van der Waals surface area contributed by atoms with Gasteiger partial charge in [-0.2, -0.15) is 0 Å². The van der Waals surface area contributed by atoms with Crippen LogP contribution in [0.3, 0.4) is 0 Å². The van der Waals surface area contributed by atoms with Gasteiger partial charge in [0.25, 0.3) is 0 Å². The molecule has 1 heterocycles. The third-order valence-corrected chi connectivity index (χ3v) is 4.16. The highest BCUT2D eigenvalue weighted by Crippen LogP contribution is 2.20. The molecular weight excluding hydrogens is 288 g/mol. The molecule has 0 atom stereocenters. The minimum Gasteiger partial charge on any atom is -0.382 e. The van der Waals surface area contributed by atoms with Crippen LogP contribution < -0.4 is 0 Å². The molecule has 0 saturated carbocycles. The second kappa shape index (κ2) is 16.6. The zero-order chi connectivity index (χ0) is 18.3. The SMILES string of the molecule is C=C(C)N(C)C.CC.CCN(C)C.CCc1sc(C)cc1C. The van der Waals surface area contributed by atoms with Crippen LogP contribution >= 0.6 is 11.3 Å². The van der Waals surface area contributed by atoms with Crippen LogP contribution in [0.25, 0.3) is 0 Å². The summed E-state index contributed by atoms with van der Waals surface area (Å²) in [7, 11) is 8.06. The van der Waals surface area contributed by atoms with Crippen molar-refractivity contribution in [3.63, 3.8) is 0 Å². The van der Waals surface area contributed by atoms with Gasteiger partial charge in [0, 0.05) is 29.5 Å².